The maximum atomic E-state index is 4.04. The molecule has 0 aliphatic carbocycles. The second-order valence-corrected chi connectivity index (χ2v) is 6.40. The van der Waals surface area contributed by atoms with E-state index >= 15 is 0 Å². The summed E-state index contributed by atoms with van der Waals surface area (Å²) < 4.78 is 0. The minimum atomic E-state index is 0.367. The van der Waals surface area contributed by atoms with E-state index in [-0.39, 0.29) is 0 Å². The minimum absolute atomic E-state index is 0.367. The molecule has 1 saturated heterocycles. The molecule has 0 aromatic heterocycles. The number of hydrogen-bond acceptors (Lipinski definition) is 3. The molecular weight excluding hydrogens is 294 g/mol. The molecule has 2 unspecified atom stereocenters. The van der Waals surface area contributed by atoms with Gasteiger partial charge in [0.25, 0.3) is 0 Å². The lowest BCUT2D eigenvalue weighted by Crippen LogP contribution is -2.35. The molecule has 1 fully saturated rings. The van der Waals surface area contributed by atoms with Crippen molar-refractivity contribution in [2.24, 2.45) is 0 Å². The predicted octanol–water partition coefficient (Wildman–Crippen LogP) is 3.22. The van der Waals surface area contributed by atoms with Gasteiger partial charge in [-0.1, -0.05) is 67.2 Å². The highest BCUT2D eigenvalue weighted by Crippen LogP contribution is 2.32. The second-order valence-electron chi connectivity index (χ2n) is 6.40. The van der Waals surface area contributed by atoms with Crippen molar-refractivity contribution in [3.8, 4) is 0 Å². The molecule has 2 atom stereocenters. The highest BCUT2D eigenvalue weighted by atomic mass is 15.1. The van der Waals surface area contributed by atoms with E-state index in [2.05, 4.69) is 90.1 Å². The summed E-state index contributed by atoms with van der Waals surface area (Å²) in [6, 6.07) is 22.4. The number of benzene rings is 2. The molecule has 0 saturated carbocycles. The Balaban J connectivity index is 1.77. The molecule has 3 heteroatoms. The SMILES string of the molecule is C=C(NCC)NC1CNC(C(c2ccccc2)c2ccccc2)C1. The first-order valence-electron chi connectivity index (χ1n) is 8.80. The molecule has 0 amide bonds. The van der Waals surface area contributed by atoms with Gasteiger partial charge in [-0.25, -0.2) is 0 Å². The van der Waals surface area contributed by atoms with Gasteiger partial charge in [0.15, 0.2) is 0 Å². The van der Waals surface area contributed by atoms with Crippen LogP contribution in [0.15, 0.2) is 73.1 Å². The highest BCUT2D eigenvalue weighted by Gasteiger charge is 2.32. The molecule has 1 aliphatic rings. The van der Waals surface area contributed by atoms with E-state index < -0.39 is 0 Å². The monoisotopic (exact) mass is 321 g/mol. The zero-order valence-corrected chi connectivity index (χ0v) is 14.3. The quantitative estimate of drug-likeness (QED) is 0.733. The van der Waals surface area contributed by atoms with Gasteiger partial charge < -0.3 is 16.0 Å². The van der Waals surface area contributed by atoms with Crippen molar-refractivity contribution in [3.05, 3.63) is 84.2 Å². The molecular formula is C21H27N3. The molecule has 0 spiro atoms. The second kappa shape index (κ2) is 8.02. The summed E-state index contributed by atoms with van der Waals surface area (Å²) in [6.45, 7) is 7.99. The van der Waals surface area contributed by atoms with Gasteiger partial charge in [-0.3, -0.25) is 0 Å². The van der Waals surface area contributed by atoms with Crippen LogP contribution in [-0.4, -0.2) is 25.2 Å². The number of nitrogens with one attached hydrogen (secondary N) is 3. The van der Waals surface area contributed by atoms with E-state index in [0.717, 1.165) is 25.3 Å². The molecule has 0 radical (unpaired) electrons. The summed E-state index contributed by atoms with van der Waals surface area (Å²) in [4.78, 5) is 0. The van der Waals surface area contributed by atoms with Gasteiger partial charge in [0.1, 0.15) is 0 Å². The third-order valence-corrected chi connectivity index (χ3v) is 4.65. The molecule has 2 aromatic carbocycles. The Bertz CT molecular complexity index is 599. The lowest BCUT2D eigenvalue weighted by molar-refractivity contribution is 0.519. The van der Waals surface area contributed by atoms with Crippen LogP contribution in [0.2, 0.25) is 0 Å². The van der Waals surface area contributed by atoms with Crippen molar-refractivity contribution in [1.29, 1.82) is 0 Å². The third-order valence-electron chi connectivity index (χ3n) is 4.65. The maximum Gasteiger partial charge on any atom is 0.0914 e. The van der Waals surface area contributed by atoms with E-state index in [4.69, 9.17) is 0 Å². The normalized spacial score (nSPS) is 20.1. The van der Waals surface area contributed by atoms with E-state index in [9.17, 15) is 0 Å². The fourth-order valence-corrected chi connectivity index (χ4v) is 3.62. The van der Waals surface area contributed by atoms with Crippen LogP contribution in [0.5, 0.6) is 0 Å². The fourth-order valence-electron chi connectivity index (χ4n) is 3.62. The lowest BCUT2D eigenvalue weighted by Gasteiger charge is -2.25. The number of hydrogen-bond donors (Lipinski definition) is 3. The summed E-state index contributed by atoms with van der Waals surface area (Å²) in [5, 5.41) is 10.5. The van der Waals surface area contributed by atoms with E-state index in [1.54, 1.807) is 0 Å². The molecule has 1 aliphatic heterocycles. The standard InChI is InChI=1S/C21H27N3/c1-3-22-16(2)24-19-14-20(23-15-19)21(17-10-6-4-7-11-17)18-12-8-5-9-13-18/h4-13,19-24H,2-3,14-15H2,1H3. The highest BCUT2D eigenvalue weighted by molar-refractivity contribution is 5.35. The van der Waals surface area contributed by atoms with Crippen LogP contribution >= 0.6 is 0 Å². The third kappa shape index (κ3) is 3.98. The molecule has 126 valence electrons. The first-order chi connectivity index (χ1) is 11.8. The van der Waals surface area contributed by atoms with Crippen molar-refractivity contribution in [3.63, 3.8) is 0 Å². The predicted molar refractivity (Wildman–Crippen MR) is 101 cm³/mol. The topological polar surface area (TPSA) is 36.1 Å². The fraction of sp³-hybridized carbons (Fsp3) is 0.333. The minimum Gasteiger partial charge on any atom is -0.373 e. The molecule has 24 heavy (non-hydrogen) atoms. The molecule has 1 heterocycles. The van der Waals surface area contributed by atoms with E-state index in [1.165, 1.54) is 11.1 Å². The van der Waals surface area contributed by atoms with Crippen molar-refractivity contribution in [2.45, 2.75) is 31.3 Å². The summed E-state index contributed by atoms with van der Waals surface area (Å²) in [5.41, 5.74) is 2.74. The Morgan fingerprint density at radius 1 is 1.08 bits per heavy atom. The molecule has 3 N–H and O–H groups in total. The van der Waals surface area contributed by atoms with Gasteiger partial charge in [-0.15, -0.1) is 0 Å². The Morgan fingerprint density at radius 2 is 1.67 bits per heavy atom. The molecule has 0 bridgehead atoms. The molecule has 2 aromatic rings. The average molecular weight is 321 g/mol. The van der Waals surface area contributed by atoms with Crippen LogP contribution in [0.3, 0.4) is 0 Å². The largest absolute Gasteiger partial charge is 0.373 e. The van der Waals surface area contributed by atoms with E-state index in [1.807, 2.05) is 0 Å². The van der Waals surface area contributed by atoms with Crippen molar-refractivity contribution < 1.29 is 0 Å². The van der Waals surface area contributed by atoms with Gasteiger partial charge in [-0.05, 0) is 24.5 Å². The van der Waals surface area contributed by atoms with Gasteiger partial charge in [-0.2, -0.15) is 0 Å². The van der Waals surface area contributed by atoms with Gasteiger partial charge in [0.05, 0.1) is 5.82 Å². The van der Waals surface area contributed by atoms with E-state index in [0.29, 0.717) is 18.0 Å². The van der Waals surface area contributed by atoms with Crippen LogP contribution in [-0.2, 0) is 0 Å². The summed E-state index contributed by atoms with van der Waals surface area (Å²) in [7, 11) is 0. The summed E-state index contributed by atoms with van der Waals surface area (Å²) in [6.07, 6.45) is 1.08. The first-order valence-corrected chi connectivity index (χ1v) is 8.80. The van der Waals surface area contributed by atoms with Crippen molar-refractivity contribution >= 4 is 0 Å². The first kappa shape index (κ1) is 16.6. The van der Waals surface area contributed by atoms with Crippen molar-refractivity contribution in [2.75, 3.05) is 13.1 Å². The zero-order valence-electron chi connectivity index (χ0n) is 14.3. The van der Waals surface area contributed by atoms with Gasteiger partial charge in [0, 0.05) is 31.1 Å². The molecule has 3 rings (SSSR count). The summed E-state index contributed by atoms with van der Waals surface area (Å²) in [5.74, 6) is 1.28. The maximum absolute atomic E-state index is 4.04. The van der Waals surface area contributed by atoms with Gasteiger partial charge >= 0.3 is 0 Å². The van der Waals surface area contributed by atoms with Crippen LogP contribution in [0.1, 0.15) is 30.4 Å². The van der Waals surface area contributed by atoms with Gasteiger partial charge in [0.2, 0.25) is 0 Å². The Hall–Kier alpha value is -2.26. The Labute approximate surface area is 145 Å². The zero-order chi connectivity index (χ0) is 16.8. The molecule has 3 nitrogen and oxygen atoms in total. The average Bonchev–Trinajstić information content (AvgIpc) is 3.05. The lowest BCUT2D eigenvalue weighted by atomic mass is 9.84. The van der Waals surface area contributed by atoms with Crippen LogP contribution in [0.25, 0.3) is 0 Å². The number of rotatable bonds is 7. The smallest absolute Gasteiger partial charge is 0.0914 e. The van der Waals surface area contributed by atoms with Crippen LogP contribution in [0.4, 0.5) is 0 Å². The Kier molecular flexibility index (Phi) is 5.55. The summed E-state index contributed by atoms with van der Waals surface area (Å²) >= 11 is 0. The Morgan fingerprint density at radius 3 is 2.21 bits per heavy atom. The van der Waals surface area contributed by atoms with Crippen LogP contribution in [0, 0.1) is 0 Å². The van der Waals surface area contributed by atoms with Crippen molar-refractivity contribution in [1.82, 2.24) is 16.0 Å². The van der Waals surface area contributed by atoms with Crippen LogP contribution < -0.4 is 16.0 Å².